The molecule has 0 aliphatic heterocycles. The van der Waals surface area contributed by atoms with Crippen molar-refractivity contribution in [2.45, 2.75) is 26.1 Å². The third-order valence-corrected chi connectivity index (χ3v) is 2.42. The SMILES string of the molecule is CCOC[C@]1(C)C[C@H]1B(O)O. The molecule has 0 aromatic rings. The van der Waals surface area contributed by atoms with Crippen LogP contribution in [0.15, 0.2) is 0 Å². The molecule has 64 valence electrons. The molecule has 1 aliphatic carbocycles. The van der Waals surface area contributed by atoms with Crippen LogP contribution in [0.4, 0.5) is 0 Å². The summed E-state index contributed by atoms with van der Waals surface area (Å²) in [7, 11) is -1.17. The van der Waals surface area contributed by atoms with E-state index in [0.717, 1.165) is 6.42 Å². The van der Waals surface area contributed by atoms with Crippen LogP contribution in [0.25, 0.3) is 0 Å². The third kappa shape index (κ3) is 1.95. The van der Waals surface area contributed by atoms with Gasteiger partial charge in [0.25, 0.3) is 0 Å². The predicted octanol–water partition coefficient (Wildman–Crippen LogP) is 0.276. The fourth-order valence-corrected chi connectivity index (χ4v) is 1.41. The zero-order valence-corrected chi connectivity index (χ0v) is 7.08. The first-order chi connectivity index (χ1) is 5.10. The average molecular weight is 158 g/mol. The maximum atomic E-state index is 8.83. The maximum absolute atomic E-state index is 8.83. The quantitative estimate of drug-likeness (QED) is 0.577. The van der Waals surface area contributed by atoms with Gasteiger partial charge in [-0.1, -0.05) is 6.92 Å². The van der Waals surface area contributed by atoms with Gasteiger partial charge in [0.2, 0.25) is 0 Å². The first-order valence-electron chi connectivity index (χ1n) is 4.04. The highest BCUT2D eigenvalue weighted by Crippen LogP contribution is 2.58. The second kappa shape index (κ2) is 3.13. The van der Waals surface area contributed by atoms with E-state index in [9.17, 15) is 0 Å². The molecule has 0 bridgehead atoms. The number of ether oxygens (including phenoxy) is 1. The second-order valence-corrected chi connectivity index (χ2v) is 3.52. The summed E-state index contributed by atoms with van der Waals surface area (Å²) in [5.41, 5.74) is 0.0180. The summed E-state index contributed by atoms with van der Waals surface area (Å²) in [6.07, 6.45) is 0.866. The highest BCUT2D eigenvalue weighted by atomic mass is 16.5. The topological polar surface area (TPSA) is 49.7 Å². The molecular formula is C7H15BO3. The van der Waals surface area contributed by atoms with E-state index in [1.807, 2.05) is 13.8 Å². The molecule has 0 heterocycles. The Morgan fingerprint density at radius 3 is 2.64 bits per heavy atom. The van der Waals surface area contributed by atoms with Crippen LogP contribution in [0.5, 0.6) is 0 Å². The Labute approximate surface area is 67.5 Å². The van der Waals surface area contributed by atoms with Crippen LogP contribution in [0.1, 0.15) is 20.3 Å². The molecule has 1 saturated carbocycles. The van der Waals surface area contributed by atoms with Crippen LogP contribution < -0.4 is 0 Å². The van der Waals surface area contributed by atoms with Crippen molar-refractivity contribution >= 4 is 7.12 Å². The normalized spacial score (nSPS) is 35.5. The van der Waals surface area contributed by atoms with E-state index in [2.05, 4.69) is 0 Å². The van der Waals surface area contributed by atoms with Crippen LogP contribution in [0, 0.1) is 5.41 Å². The standard InChI is InChI=1S/C7H15BO3/c1-3-11-5-7(2)4-6(7)8(9)10/h6,9-10H,3-5H2,1-2H3/t6-,7+/m1/s1. The largest absolute Gasteiger partial charge is 0.455 e. The summed E-state index contributed by atoms with van der Waals surface area (Å²) in [6, 6.07) is 0. The first kappa shape index (κ1) is 9.04. The lowest BCUT2D eigenvalue weighted by Gasteiger charge is -2.09. The smallest absolute Gasteiger partial charge is 0.427 e. The second-order valence-electron chi connectivity index (χ2n) is 3.52. The summed E-state index contributed by atoms with van der Waals surface area (Å²) in [4.78, 5) is 0. The maximum Gasteiger partial charge on any atom is 0.455 e. The van der Waals surface area contributed by atoms with Crippen LogP contribution in [0.2, 0.25) is 5.82 Å². The minimum Gasteiger partial charge on any atom is -0.427 e. The lowest BCUT2D eigenvalue weighted by molar-refractivity contribution is 0.106. The molecule has 1 aliphatic rings. The molecule has 1 fully saturated rings. The Morgan fingerprint density at radius 2 is 2.27 bits per heavy atom. The van der Waals surface area contributed by atoms with E-state index in [1.54, 1.807) is 0 Å². The zero-order chi connectivity index (χ0) is 8.48. The molecule has 4 heteroatoms. The lowest BCUT2D eigenvalue weighted by Crippen LogP contribution is -2.18. The van der Waals surface area contributed by atoms with Crippen LogP contribution in [-0.4, -0.2) is 30.4 Å². The number of hydrogen-bond donors (Lipinski definition) is 2. The van der Waals surface area contributed by atoms with Gasteiger partial charge in [-0.2, -0.15) is 0 Å². The summed E-state index contributed by atoms with van der Waals surface area (Å²) in [5.74, 6) is 0.0223. The monoisotopic (exact) mass is 158 g/mol. The van der Waals surface area contributed by atoms with Gasteiger partial charge in [-0.3, -0.25) is 0 Å². The van der Waals surface area contributed by atoms with E-state index < -0.39 is 7.12 Å². The third-order valence-electron chi connectivity index (χ3n) is 2.42. The molecule has 2 atom stereocenters. The zero-order valence-electron chi connectivity index (χ0n) is 7.08. The molecule has 0 unspecified atom stereocenters. The van der Waals surface area contributed by atoms with Gasteiger partial charge in [0.15, 0.2) is 0 Å². The van der Waals surface area contributed by atoms with E-state index >= 15 is 0 Å². The molecule has 0 aromatic heterocycles. The van der Waals surface area contributed by atoms with Crippen molar-refractivity contribution in [2.24, 2.45) is 5.41 Å². The van der Waals surface area contributed by atoms with Crippen LogP contribution >= 0.6 is 0 Å². The molecule has 11 heavy (non-hydrogen) atoms. The highest BCUT2D eigenvalue weighted by molar-refractivity contribution is 6.44. The van der Waals surface area contributed by atoms with Gasteiger partial charge in [0, 0.05) is 12.4 Å². The minimum atomic E-state index is -1.17. The fourth-order valence-electron chi connectivity index (χ4n) is 1.41. The molecular weight excluding hydrogens is 143 g/mol. The Hall–Kier alpha value is -0.0551. The molecule has 3 nitrogen and oxygen atoms in total. The summed E-state index contributed by atoms with van der Waals surface area (Å²) >= 11 is 0. The van der Waals surface area contributed by atoms with Gasteiger partial charge < -0.3 is 14.8 Å². The Kier molecular flexibility index (Phi) is 2.57. The van der Waals surface area contributed by atoms with Gasteiger partial charge in [-0.25, -0.2) is 0 Å². The Balaban J connectivity index is 2.25. The van der Waals surface area contributed by atoms with Crippen molar-refractivity contribution in [3.8, 4) is 0 Å². The number of rotatable bonds is 4. The van der Waals surface area contributed by atoms with Crippen LogP contribution in [-0.2, 0) is 4.74 Å². The van der Waals surface area contributed by atoms with E-state index in [-0.39, 0.29) is 11.2 Å². The molecule has 1 rings (SSSR count). The molecule has 0 aromatic carbocycles. The van der Waals surface area contributed by atoms with Gasteiger partial charge in [-0.05, 0) is 18.8 Å². The Morgan fingerprint density at radius 1 is 1.64 bits per heavy atom. The van der Waals surface area contributed by atoms with Crippen molar-refractivity contribution in [1.82, 2.24) is 0 Å². The average Bonchev–Trinajstić information content (AvgIpc) is 2.60. The molecule has 0 spiro atoms. The van der Waals surface area contributed by atoms with E-state index in [4.69, 9.17) is 14.8 Å². The predicted molar refractivity (Wildman–Crippen MR) is 43.2 cm³/mol. The van der Waals surface area contributed by atoms with Gasteiger partial charge in [-0.15, -0.1) is 0 Å². The van der Waals surface area contributed by atoms with Gasteiger partial charge in [0.1, 0.15) is 0 Å². The molecule has 0 amide bonds. The summed E-state index contributed by atoms with van der Waals surface area (Å²) in [6.45, 7) is 5.30. The van der Waals surface area contributed by atoms with Crippen molar-refractivity contribution < 1.29 is 14.8 Å². The summed E-state index contributed by atoms with van der Waals surface area (Å²) < 4.78 is 5.22. The van der Waals surface area contributed by atoms with Crippen LogP contribution in [0.3, 0.4) is 0 Å². The first-order valence-corrected chi connectivity index (χ1v) is 4.04. The molecule has 0 saturated heterocycles. The van der Waals surface area contributed by atoms with Crippen molar-refractivity contribution in [3.05, 3.63) is 0 Å². The van der Waals surface area contributed by atoms with Crippen molar-refractivity contribution in [3.63, 3.8) is 0 Å². The van der Waals surface area contributed by atoms with E-state index in [1.165, 1.54) is 0 Å². The fraction of sp³-hybridized carbons (Fsp3) is 1.00. The highest BCUT2D eigenvalue weighted by Gasteiger charge is 2.55. The lowest BCUT2D eigenvalue weighted by atomic mass is 9.78. The van der Waals surface area contributed by atoms with Crippen molar-refractivity contribution in [1.29, 1.82) is 0 Å². The van der Waals surface area contributed by atoms with E-state index in [0.29, 0.717) is 13.2 Å². The van der Waals surface area contributed by atoms with Gasteiger partial charge in [0.05, 0.1) is 6.61 Å². The van der Waals surface area contributed by atoms with Gasteiger partial charge >= 0.3 is 7.12 Å². The molecule has 0 radical (unpaired) electrons. The Bertz CT molecular complexity index is 140. The summed E-state index contributed by atoms with van der Waals surface area (Å²) in [5, 5.41) is 17.7. The molecule has 2 N–H and O–H groups in total. The minimum absolute atomic E-state index is 0.0180. The number of hydrogen-bond acceptors (Lipinski definition) is 3. The van der Waals surface area contributed by atoms with Crippen molar-refractivity contribution in [2.75, 3.05) is 13.2 Å².